The molecule has 0 spiro atoms. The number of anilines is 1. The van der Waals surface area contributed by atoms with Crippen LogP contribution in [0.5, 0.6) is 5.75 Å². The monoisotopic (exact) mass is 296 g/mol. The molecule has 0 aliphatic carbocycles. The van der Waals surface area contributed by atoms with Gasteiger partial charge in [-0.2, -0.15) is 0 Å². The number of nitrogens with two attached hydrogens (primary N) is 1. The number of amides is 1. The number of halogens is 1. The number of rotatable bonds is 4. The van der Waals surface area contributed by atoms with Gasteiger partial charge in [0.1, 0.15) is 0 Å². The minimum Gasteiger partial charge on any atom is -0.494 e. The molecule has 0 unspecified atom stereocenters. The summed E-state index contributed by atoms with van der Waals surface area (Å²) < 4.78 is 24.0. The Balaban J connectivity index is 2.23. The summed E-state index contributed by atoms with van der Waals surface area (Å²) in [6.07, 6.45) is 1.18. The molecule has 1 amide bonds. The molecule has 1 saturated heterocycles. The molecule has 0 radical (unpaired) electrons. The first-order valence-corrected chi connectivity index (χ1v) is 6.93. The third-order valence-electron chi connectivity index (χ3n) is 4.12. The molecule has 1 aromatic carbocycles. The van der Waals surface area contributed by atoms with Crippen molar-refractivity contribution < 1.29 is 18.7 Å². The summed E-state index contributed by atoms with van der Waals surface area (Å²) in [5.41, 5.74) is 5.70. The Hall–Kier alpha value is -1.66. The van der Waals surface area contributed by atoms with Crippen molar-refractivity contribution in [2.75, 3.05) is 38.8 Å². The molecule has 1 aliphatic rings. The lowest BCUT2D eigenvalue weighted by Gasteiger charge is -2.37. The Morgan fingerprint density at radius 2 is 2.14 bits per heavy atom. The summed E-state index contributed by atoms with van der Waals surface area (Å²) >= 11 is 0. The van der Waals surface area contributed by atoms with Gasteiger partial charge in [0.25, 0.3) is 0 Å². The molecule has 1 heterocycles. The van der Waals surface area contributed by atoms with Gasteiger partial charge in [-0.1, -0.05) is 0 Å². The fourth-order valence-corrected chi connectivity index (χ4v) is 2.60. The Bertz CT molecular complexity index is 516. The van der Waals surface area contributed by atoms with Crippen LogP contribution in [0.3, 0.4) is 0 Å². The number of hydrogen-bond donors (Lipinski definition) is 1. The molecule has 0 bridgehead atoms. The molecule has 5 nitrogen and oxygen atoms in total. The molecule has 0 saturated carbocycles. The van der Waals surface area contributed by atoms with Gasteiger partial charge in [-0.25, -0.2) is 4.39 Å². The van der Waals surface area contributed by atoms with Gasteiger partial charge in [-0.05, 0) is 25.0 Å². The van der Waals surface area contributed by atoms with E-state index in [4.69, 9.17) is 15.2 Å². The summed E-state index contributed by atoms with van der Waals surface area (Å²) in [7, 11) is 3.04. The van der Waals surface area contributed by atoms with Crippen LogP contribution >= 0.6 is 0 Å². The van der Waals surface area contributed by atoms with Gasteiger partial charge >= 0.3 is 0 Å². The van der Waals surface area contributed by atoms with E-state index in [1.807, 2.05) is 0 Å². The summed E-state index contributed by atoms with van der Waals surface area (Å²) in [5, 5.41) is 0. The first-order valence-electron chi connectivity index (χ1n) is 6.93. The third-order valence-corrected chi connectivity index (χ3v) is 4.12. The fraction of sp³-hybridized carbons (Fsp3) is 0.533. The maximum absolute atomic E-state index is 13.8. The summed E-state index contributed by atoms with van der Waals surface area (Å²) in [6.45, 7) is 1.31. The van der Waals surface area contributed by atoms with Gasteiger partial charge in [-0.3, -0.25) is 4.79 Å². The van der Waals surface area contributed by atoms with Gasteiger partial charge in [0, 0.05) is 38.6 Å². The Morgan fingerprint density at radius 1 is 1.48 bits per heavy atom. The molecule has 6 heteroatoms. The van der Waals surface area contributed by atoms with E-state index in [0.29, 0.717) is 31.7 Å². The van der Waals surface area contributed by atoms with Gasteiger partial charge < -0.3 is 20.1 Å². The molecule has 2 rings (SSSR count). The van der Waals surface area contributed by atoms with Crippen LogP contribution in [0.1, 0.15) is 12.8 Å². The number of carbonyl (C=O) groups is 1. The lowest BCUT2D eigenvalue weighted by atomic mass is 9.79. The van der Waals surface area contributed by atoms with Crippen LogP contribution in [0.2, 0.25) is 0 Å². The van der Waals surface area contributed by atoms with Crippen molar-refractivity contribution in [3.63, 3.8) is 0 Å². The molecule has 21 heavy (non-hydrogen) atoms. The van der Waals surface area contributed by atoms with Gasteiger partial charge in [0.15, 0.2) is 11.6 Å². The van der Waals surface area contributed by atoms with Gasteiger partial charge in [0.05, 0.1) is 12.5 Å². The van der Waals surface area contributed by atoms with E-state index in [0.717, 1.165) is 0 Å². The number of hydrogen-bond acceptors (Lipinski definition) is 4. The van der Waals surface area contributed by atoms with E-state index < -0.39 is 11.2 Å². The largest absolute Gasteiger partial charge is 0.494 e. The van der Waals surface area contributed by atoms with E-state index in [-0.39, 0.29) is 18.2 Å². The fourth-order valence-electron chi connectivity index (χ4n) is 2.60. The number of nitrogens with zero attached hydrogens (tertiary/aromatic N) is 1. The SMILES string of the molecule is COc1ccc(N(C)C(=O)C2(CN)CCOCC2)cc1F. The zero-order valence-corrected chi connectivity index (χ0v) is 12.4. The van der Waals surface area contributed by atoms with E-state index in [2.05, 4.69) is 0 Å². The van der Waals surface area contributed by atoms with Gasteiger partial charge in [0.2, 0.25) is 5.91 Å². The average molecular weight is 296 g/mol. The standard InChI is InChI=1S/C15H21FN2O3/c1-18(11-3-4-13(20-2)12(16)9-11)14(19)15(10-17)5-7-21-8-6-15/h3-4,9H,5-8,10,17H2,1-2H3. The van der Waals surface area contributed by atoms with E-state index in [9.17, 15) is 9.18 Å². The lowest BCUT2D eigenvalue weighted by molar-refractivity contribution is -0.132. The predicted octanol–water partition coefficient (Wildman–Crippen LogP) is 1.55. The summed E-state index contributed by atoms with van der Waals surface area (Å²) in [6, 6.07) is 4.46. The molecule has 116 valence electrons. The van der Waals surface area contributed by atoms with Crippen LogP contribution in [0.15, 0.2) is 18.2 Å². The molecular formula is C15H21FN2O3. The molecule has 0 aromatic heterocycles. The Kier molecular flexibility index (Phi) is 4.80. The van der Waals surface area contributed by atoms with Crippen LogP contribution < -0.4 is 15.4 Å². The second-order valence-electron chi connectivity index (χ2n) is 5.28. The first kappa shape index (κ1) is 15.7. The average Bonchev–Trinajstić information content (AvgIpc) is 2.54. The summed E-state index contributed by atoms with van der Waals surface area (Å²) in [5.74, 6) is -0.444. The van der Waals surface area contributed by atoms with E-state index in [1.165, 1.54) is 24.1 Å². The van der Waals surface area contributed by atoms with Crippen molar-refractivity contribution in [2.24, 2.45) is 11.1 Å². The van der Waals surface area contributed by atoms with Crippen molar-refractivity contribution >= 4 is 11.6 Å². The minimum atomic E-state index is -0.622. The number of benzene rings is 1. The zero-order valence-electron chi connectivity index (χ0n) is 12.4. The van der Waals surface area contributed by atoms with Crippen molar-refractivity contribution in [2.45, 2.75) is 12.8 Å². The molecule has 2 N–H and O–H groups in total. The van der Waals surface area contributed by atoms with Crippen molar-refractivity contribution in [3.8, 4) is 5.75 Å². The van der Waals surface area contributed by atoms with Crippen LogP contribution in [-0.4, -0.2) is 39.8 Å². The zero-order chi connectivity index (χ0) is 15.5. The highest BCUT2D eigenvalue weighted by molar-refractivity contribution is 5.97. The van der Waals surface area contributed by atoms with Crippen LogP contribution in [-0.2, 0) is 9.53 Å². The minimum absolute atomic E-state index is 0.0992. The highest BCUT2D eigenvalue weighted by Crippen LogP contribution is 2.33. The van der Waals surface area contributed by atoms with E-state index in [1.54, 1.807) is 13.1 Å². The molecule has 1 aliphatic heterocycles. The summed E-state index contributed by atoms with van der Waals surface area (Å²) in [4.78, 5) is 14.2. The topological polar surface area (TPSA) is 64.8 Å². The second kappa shape index (κ2) is 6.41. The van der Waals surface area contributed by atoms with Crippen LogP contribution in [0.4, 0.5) is 10.1 Å². The number of carbonyl (C=O) groups excluding carboxylic acids is 1. The highest BCUT2D eigenvalue weighted by Gasteiger charge is 2.41. The molecule has 0 atom stereocenters. The number of methoxy groups -OCH3 is 1. The highest BCUT2D eigenvalue weighted by atomic mass is 19.1. The quantitative estimate of drug-likeness (QED) is 0.915. The molecular weight excluding hydrogens is 275 g/mol. The van der Waals surface area contributed by atoms with Crippen LogP contribution in [0.25, 0.3) is 0 Å². The Labute approximate surface area is 123 Å². The predicted molar refractivity (Wildman–Crippen MR) is 77.9 cm³/mol. The first-order chi connectivity index (χ1) is 10.0. The van der Waals surface area contributed by atoms with Crippen molar-refractivity contribution in [1.29, 1.82) is 0 Å². The second-order valence-corrected chi connectivity index (χ2v) is 5.28. The van der Waals surface area contributed by atoms with Crippen molar-refractivity contribution in [1.82, 2.24) is 0 Å². The Morgan fingerprint density at radius 3 is 2.67 bits per heavy atom. The number of ether oxygens (including phenoxy) is 2. The third kappa shape index (κ3) is 3.01. The van der Waals surface area contributed by atoms with Crippen LogP contribution in [0, 0.1) is 11.2 Å². The maximum Gasteiger partial charge on any atom is 0.234 e. The maximum atomic E-state index is 13.8. The molecule has 1 aromatic rings. The normalized spacial score (nSPS) is 17.3. The lowest BCUT2D eigenvalue weighted by Crippen LogP contribution is -2.49. The van der Waals surface area contributed by atoms with E-state index >= 15 is 0 Å². The van der Waals surface area contributed by atoms with Crippen molar-refractivity contribution in [3.05, 3.63) is 24.0 Å². The molecule has 1 fully saturated rings. The van der Waals surface area contributed by atoms with Gasteiger partial charge in [-0.15, -0.1) is 0 Å². The smallest absolute Gasteiger partial charge is 0.234 e.